The molecule has 98 valence electrons. The van der Waals surface area contributed by atoms with Gasteiger partial charge < -0.3 is 15.2 Å². The summed E-state index contributed by atoms with van der Waals surface area (Å²) in [6.07, 6.45) is 0. The summed E-state index contributed by atoms with van der Waals surface area (Å²) in [5.41, 5.74) is 1.53. The zero-order chi connectivity index (χ0) is 13.5. The van der Waals surface area contributed by atoms with E-state index in [-0.39, 0.29) is 25.7 Å². The number of carbonyl (C=O) groups is 2. The van der Waals surface area contributed by atoms with Crippen LogP contribution >= 0.6 is 15.9 Å². The highest BCUT2D eigenvalue weighted by Crippen LogP contribution is 2.20. The molecule has 0 bridgehead atoms. The topological polar surface area (TPSA) is 75.6 Å². The molecule has 1 amide bonds. The second-order valence-electron chi connectivity index (χ2n) is 3.64. The first-order valence-corrected chi connectivity index (χ1v) is 6.14. The molecule has 0 aliphatic rings. The van der Waals surface area contributed by atoms with Gasteiger partial charge in [0.05, 0.1) is 12.2 Å². The van der Waals surface area contributed by atoms with Crippen molar-refractivity contribution in [2.75, 3.05) is 19.8 Å². The predicted molar refractivity (Wildman–Crippen MR) is 69.7 cm³/mol. The maximum absolute atomic E-state index is 11.8. The predicted octanol–water partition coefficient (Wildman–Crippen LogP) is 1.59. The van der Waals surface area contributed by atoms with Crippen LogP contribution in [-0.2, 0) is 9.53 Å². The highest BCUT2D eigenvalue weighted by Gasteiger charge is 2.10. The lowest BCUT2D eigenvalue weighted by atomic mass is 10.1. The molecule has 2 N–H and O–H groups in total. The summed E-state index contributed by atoms with van der Waals surface area (Å²) in [5, 5.41) is 11.0. The molecule has 0 saturated carbocycles. The number of hydrogen-bond acceptors (Lipinski definition) is 3. The van der Waals surface area contributed by atoms with E-state index >= 15 is 0 Å². The Labute approximate surface area is 113 Å². The average Bonchev–Trinajstić information content (AvgIpc) is 2.31. The first-order valence-electron chi connectivity index (χ1n) is 5.35. The van der Waals surface area contributed by atoms with Crippen LogP contribution in [0.3, 0.4) is 0 Å². The zero-order valence-electron chi connectivity index (χ0n) is 9.90. The van der Waals surface area contributed by atoms with Crippen LogP contribution in [0.25, 0.3) is 0 Å². The Bertz CT molecular complexity index is 448. The van der Waals surface area contributed by atoms with Crippen LogP contribution in [-0.4, -0.2) is 36.7 Å². The molecule has 1 aromatic rings. The first kappa shape index (κ1) is 14.7. The molecule has 0 unspecified atom stereocenters. The molecule has 0 fully saturated rings. The number of ether oxygens (including phenoxy) is 1. The summed E-state index contributed by atoms with van der Waals surface area (Å²) in [6, 6.07) is 5.41. The SMILES string of the molecule is Cc1cccc(C(=O)NCCOCC(=O)O)c1Br. The van der Waals surface area contributed by atoms with Gasteiger partial charge >= 0.3 is 5.97 Å². The number of amides is 1. The van der Waals surface area contributed by atoms with E-state index in [9.17, 15) is 9.59 Å². The molecular formula is C12H14BrNO4. The van der Waals surface area contributed by atoms with Crippen LogP contribution in [0.5, 0.6) is 0 Å². The molecule has 0 radical (unpaired) electrons. The number of carboxylic acids is 1. The Kier molecular flexibility index (Phi) is 5.80. The van der Waals surface area contributed by atoms with Crippen molar-refractivity contribution in [1.82, 2.24) is 5.32 Å². The van der Waals surface area contributed by atoms with E-state index in [4.69, 9.17) is 9.84 Å². The molecule has 0 saturated heterocycles. The largest absolute Gasteiger partial charge is 0.480 e. The number of hydrogen-bond donors (Lipinski definition) is 2. The van der Waals surface area contributed by atoms with Crippen molar-refractivity contribution < 1.29 is 19.4 Å². The van der Waals surface area contributed by atoms with Gasteiger partial charge in [-0.25, -0.2) is 4.79 Å². The number of nitrogens with one attached hydrogen (secondary N) is 1. The molecule has 1 aromatic carbocycles. The van der Waals surface area contributed by atoms with Crippen LogP contribution in [0.1, 0.15) is 15.9 Å². The number of aryl methyl sites for hydroxylation is 1. The molecule has 1 rings (SSSR count). The fourth-order valence-corrected chi connectivity index (χ4v) is 1.76. The average molecular weight is 316 g/mol. The van der Waals surface area contributed by atoms with Gasteiger partial charge in [0.25, 0.3) is 5.91 Å². The van der Waals surface area contributed by atoms with Crippen molar-refractivity contribution >= 4 is 27.8 Å². The maximum atomic E-state index is 11.8. The second-order valence-corrected chi connectivity index (χ2v) is 4.43. The van der Waals surface area contributed by atoms with E-state index in [1.54, 1.807) is 12.1 Å². The number of halogens is 1. The molecular weight excluding hydrogens is 302 g/mol. The molecule has 6 heteroatoms. The summed E-state index contributed by atoms with van der Waals surface area (Å²) in [7, 11) is 0. The van der Waals surface area contributed by atoms with Gasteiger partial charge in [0, 0.05) is 11.0 Å². The van der Waals surface area contributed by atoms with E-state index < -0.39 is 5.97 Å². The van der Waals surface area contributed by atoms with Crippen molar-refractivity contribution in [3.05, 3.63) is 33.8 Å². The number of carbonyl (C=O) groups excluding carboxylic acids is 1. The minimum absolute atomic E-state index is 0.168. The van der Waals surface area contributed by atoms with Crippen LogP contribution in [0.4, 0.5) is 0 Å². The number of benzene rings is 1. The van der Waals surface area contributed by atoms with Gasteiger partial charge in [-0.1, -0.05) is 12.1 Å². The maximum Gasteiger partial charge on any atom is 0.329 e. The number of aliphatic carboxylic acids is 1. The lowest BCUT2D eigenvalue weighted by Gasteiger charge is -2.08. The van der Waals surface area contributed by atoms with E-state index in [1.807, 2.05) is 13.0 Å². The van der Waals surface area contributed by atoms with Gasteiger partial charge in [0.2, 0.25) is 0 Å². The van der Waals surface area contributed by atoms with E-state index in [0.717, 1.165) is 10.0 Å². The molecule has 0 spiro atoms. The van der Waals surface area contributed by atoms with Gasteiger partial charge in [-0.15, -0.1) is 0 Å². The van der Waals surface area contributed by atoms with Gasteiger partial charge in [-0.3, -0.25) is 4.79 Å². The lowest BCUT2D eigenvalue weighted by molar-refractivity contribution is -0.142. The van der Waals surface area contributed by atoms with Gasteiger partial charge in [0.1, 0.15) is 6.61 Å². The minimum atomic E-state index is -1.03. The summed E-state index contributed by atoms with van der Waals surface area (Å²) >= 11 is 3.35. The lowest BCUT2D eigenvalue weighted by Crippen LogP contribution is -2.28. The van der Waals surface area contributed by atoms with Crippen molar-refractivity contribution in [1.29, 1.82) is 0 Å². The Balaban J connectivity index is 2.41. The Morgan fingerprint density at radius 2 is 2.17 bits per heavy atom. The molecule has 0 aromatic heterocycles. The summed E-state index contributed by atoms with van der Waals surface area (Å²) in [4.78, 5) is 22.0. The normalized spacial score (nSPS) is 10.1. The summed E-state index contributed by atoms with van der Waals surface area (Å²) in [5.74, 6) is -1.24. The standard InChI is InChI=1S/C12H14BrNO4/c1-8-3-2-4-9(11(8)13)12(17)14-5-6-18-7-10(15)16/h2-4H,5-7H2,1H3,(H,14,17)(H,15,16). The van der Waals surface area contributed by atoms with E-state index in [2.05, 4.69) is 21.2 Å². The van der Waals surface area contributed by atoms with Gasteiger partial charge in [-0.2, -0.15) is 0 Å². The summed E-state index contributed by atoms with van der Waals surface area (Å²) in [6.45, 7) is 1.98. The Hall–Kier alpha value is -1.40. The Morgan fingerprint density at radius 1 is 1.44 bits per heavy atom. The minimum Gasteiger partial charge on any atom is -0.480 e. The van der Waals surface area contributed by atoms with Crippen LogP contribution in [0.15, 0.2) is 22.7 Å². The third-order valence-corrected chi connectivity index (χ3v) is 3.25. The third kappa shape index (κ3) is 4.46. The first-order chi connectivity index (χ1) is 8.52. The zero-order valence-corrected chi connectivity index (χ0v) is 11.5. The molecule has 0 aliphatic carbocycles. The van der Waals surface area contributed by atoms with Crippen LogP contribution < -0.4 is 5.32 Å². The highest BCUT2D eigenvalue weighted by molar-refractivity contribution is 9.10. The van der Waals surface area contributed by atoms with Gasteiger partial charge in [0.15, 0.2) is 0 Å². The fourth-order valence-electron chi connectivity index (χ4n) is 1.31. The van der Waals surface area contributed by atoms with E-state index in [1.165, 1.54) is 0 Å². The van der Waals surface area contributed by atoms with Crippen molar-refractivity contribution in [3.63, 3.8) is 0 Å². The molecule has 0 atom stereocenters. The van der Waals surface area contributed by atoms with Crippen molar-refractivity contribution in [2.24, 2.45) is 0 Å². The van der Waals surface area contributed by atoms with Gasteiger partial charge in [-0.05, 0) is 34.5 Å². The quantitative estimate of drug-likeness (QED) is 0.782. The fraction of sp³-hybridized carbons (Fsp3) is 0.333. The van der Waals surface area contributed by atoms with Crippen LogP contribution in [0.2, 0.25) is 0 Å². The van der Waals surface area contributed by atoms with Crippen molar-refractivity contribution in [3.8, 4) is 0 Å². The third-order valence-electron chi connectivity index (χ3n) is 2.19. The molecule has 18 heavy (non-hydrogen) atoms. The molecule has 5 nitrogen and oxygen atoms in total. The second kappa shape index (κ2) is 7.13. The molecule has 0 aliphatic heterocycles. The molecule has 0 heterocycles. The summed E-state index contributed by atoms with van der Waals surface area (Å²) < 4.78 is 5.57. The van der Waals surface area contributed by atoms with Crippen LogP contribution in [0, 0.1) is 6.92 Å². The Morgan fingerprint density at radius 3 is 2.83 bits per heavy atom. The monoisotopic (exact) mass is 315 g/mol. The smallest absolute Gasteiger partial charge is 0.329 e. The number of rotatable bonds is 6. The van der Waals surface area contributed by atoms with Crippen molar-refractivity contribution in [2.45, 2.75) is 6.92 Å². The number of carboxylic acid groups (broad SMARTS) is 1. The highest BCUT2D eigenvalue weighted by atomic mass is 79.9. The van der Waals surface area contributed by atoms with E-state index in [0.29, 0.717) is 5.56 Å².